The summed E-state index contributed by atoms with van der Waals surface area (Å²) in [5.41, 5.74) is 14.8. The molecular formula is C48H32Br4N4O2. The van der Waals surface area contributed by atoms with Gasteiger partial charge in [0.25, 0.3) is 0 Å². The standard InChI is InChI=1S/C48H32Br4N4O2/c1-3-58-30-16-14-29(15-17-30)44-37-20-24-41(55-37)47(45-31(49)6-4-7-32(45)50)39-22-18-35(53-39)43(28-12-10-27(11-13-28)26(2)57)36-19-23-40(54-36)48(42-25-21-38(44)56-42)46-33(51)8-5-9-34(46)52/h4-25,53,56H,3H2,1-2H3. The van der Waals surface area contributed by atoms with E-state index < -0.39 is 0 Å². The minimum Gasteiger partial charge on any atom is -0.494 e. The van der Waals surface area contributed by atoms with Crippen molar-refractivity contribution in [2.24, 2.45) is 0 Å². The van der Waals surface area contributed by atoms with Crippen molar-refractivity contribution >= 4 is 116 Å². The van der Waals surface area contributed by atoms with Gasteiger partial charge < -0.3 is 14.7 Å². The van der Waals surface area contributed by atoms with Crippen molar-refractivity contribution in [1.29, 1.82) is 0 Å². The van der Waals surface area contributed by atoms with Crippen molar-refractivity contribution in [3.8, 4) is 50.3 Å². The van der Waals surface area contributed by atoms with Crippen LogP contribution in [0.5, 0.6) is 5.75 Å². The zero-order valence-corrected chi connectivity index (χ0v) is 37.5. The zero-order chi connectivity index (χ0) is 40.1. The molecule has 2 aliphatic heterocycles. The van der Waals surface area contributed by atoms with Crippen LogP contribution in [-0.4, -0.2) is 32.3 Å². The molecule has 3 aromatic heterocycles. The molecule has 5 heterocycles. The van der Waals surface area contributed by atoms with E-state index in [1.165, 1.54) is 0 Å². The topological polar surface area (TPSA) is 83.7 Å². The van der Waals surface area contributed by atoms with E-state index in [0.717, 1.165) is 113 Å². The van der Waals surface area contributed by atoms with Gasteiger partial charge in [-0.2, -0.15) is 0 Å². The highest BCUT2D eigenvalue weighted by Crippen LogP contribution is 2.44. The van der Waals surface area contributed by atoms with Crippen molar-refractivity contribution in [1.82, 2.24) is 19.9 Å². The molecule has 4 aromatic carbocycles. The van der Waals surface area contributed by atoms with Crippen LogP contribution in [0.2, 0.25) is 0 Å². The molecule has 6 nitrogen and oxygen atoms in total. The Morgan fingerprint density at radius 3 is 1.24 bits per heavy atom. The molecular weight excluding hydrogens is 984 g/mol. The van der Waals surface area contributed by atoms with Crippen LogP contribution in [0, 0.1) is 0 Å². The summed E-state index contributed by atoms with van der Waals surface area (Å²) < 4.78 is 9.51. The summed E-state index contributed by atoms with van der Waals surface area (Å²) in [6, 6.07) is 36.5. The van der Waals surface area contributed by atoms with Crippen LogP contribution in [0.1, 0.15) is 47.0 Å². The fourth-order valence-electron chi connectivity index (χ4n) is 7.57. The third kappa shape index (κ3) is 7.06. The molecule has 0 aliphatic carbocycles. The van der Waals surface area contributed by atoms with Gasteiger partial charge in [-0.15, -0.1) is 0 Å². The van der Waals surface area contributed by atoms with Crippen LogP contribution in [0.15, 0.2) is 127 Å². The second kappa shape index (κ2) is 15.9. The third-order valence-electron chi connectivity index (χ3n) is 10.2. The highest BCUT2D eigenvalue weighted by atomic mass is 79.9. The highest BCUT2D eigenvalue weighted by Gasteiger charge is 2.22. The van der Waals surface area contributed by atoms with E-state index in [1.54, 1.807) is 6.92 Å². The van der Waals surface area contributed by atoms with E-state index in [-0.39, 0.29) is 5.78 Å². The molecule has 284 valence electrons. The molecule has 0 saturated heterocycles. The number of benzene rings is 4. The van der Waals surface area contributed by atoms with Gasteiger partial charge in [0.05, 0.1) is 29.4 Å². The predicted molar refractivity (Wildman–Crippen MR) is 253 cm³/mol. The molecule has 0 radical (unpaired) electrons. The first-order valence-electron chi connectivity index (χ1n) is 18.6. The van der Waals surface area contributed by atoms with Crippen LogP contribution >= 0.6 is 63.7 Å². The van der Waals surface area contributed by atoms with Gasteiger partial charge in [-0.25, -0.2) is 9.97 Å². The number of ketones is 1. The second-order valence-corrected chi connectivity index (χ2v) is 17.2. The lowest BCUT2D eigenvalue weighted by atomic mass is 10.0. The number of halogens is 4. The van der Waals surface area contributed by atoms with E-state index in [0.29, 0.717) is 12.2 Å². The predicted octanol–water partition coefficient (Wildman–Crippen LogP) is 15.0. The Morgan fingerprint density at radius 2 is 0.862 bits per heavy atom. The average Bonchev–Trinajstić information content (AvgIpc) is 4.06. The van der Waals surface area contributed by atoms with Gasteiger partial charge in [-0.05, 0) is 110 Å². The first-order valence-corrected chi connectivity index (χ1v) is 21.7. The number of nitrogens with one attached hydrogen (secondary N) is 2. The van der Waals surface area contributed by atoms with Gasteiger partial charge in [0.1, 0.15) is 5.75 Å². The summed E-state index contributed by atoms with van der Waals surface area (Å²) in [4.78, 5) is 30.8. The molecule has 7 aromatic rings. The molecule has 8 bridgehead atoms. The van der Waals surface area contributed by atoms with E-state index in [4.69, 9.17) is 14.7 Å². The Labute approximate surface area is 368 Å². The Balaban J connectivity index is 1.47. The van der Waals surface area contributed by atoms with Crippen molar-refractivity contribution in [2.45, 2.75) is 13.8 Å². The maximum Gasteiger partial charge on any atom is 0.159 e. The van der Waals surface area contributed by atoms with Crippen molar-refractivity contribution in [3.63, 3.8) is 0 Å². The summed E-state index contributed by atoms with van der Waals surface area (Å²) >= 11 is 15.5. The lowest BCUT2D eigenvalue weighted by molar-refractivity contribution is 0.101. The van der Waals surface area contributed by atoms with Gasteiger partial charge in [0.15, 0.2) is 5.78 Å². The summed E-state index contributed by atoms with van der Waals surface area (Å²) in [7, 11) is 0. The Hall–Kier alpha value is -5.13. The summed E-state index contributed by atoms with van der Waals surface area (Å²) in [6.07, 6.45) is 8.30. The van der Waals surface area contributed by atoms with Crippen molar-refractivity contribution in [3.05, 3.63) is 155 Å². The summed E-state index contributed by atoms with van der Waals surface area (Å²) in [5.74, 6) is 0.815. The smallest absolute Gasteiger partial charge is 0.159 e. The van der Waals surface area contributed by atoms with Gasteiger partial charge >= 0.3 is 0 Å². The first kappa shape index (κ1) is 38.4. The molecule has 9 rings (SSSR count). The highest BCUT2D eigenvalue weighted by molar-refractivity contribution is 9.11. The fraction of sp³-hybridized carbons (Fsp3) is 0.0625. The Bertz CT molecular complexity index is 2940. The Morgan fingerprint density at radius 1 is 0.500 bits per heavy atom. The minimum atomic E-state index is 0.0109. The molecule has 0 spiro atoms. The fourth-order valence-corrected chi connectivity index (χ4v) is 10.4. The van der Waals surface area contributed by atoms with Crippen molar-refractivity contribution < 1.29 is 9.53 Å². The number of hydrogen-bond acceptors (Lipinski definition) is 4. The lowest BCUT2D eigenvalue weighted by Gasteiger charge is -2.10. The molecule has 10 heteroatoms. The number of nitrogens with zero attached hydrogens (tertiary/aromatic N) is 2. The van der Waals surface area contributed by atoms with E-state index >= 15 is 0 Å². The Kier molecular flexibility index (Phi) is 10.5. The molecule has 0 unspecified atom stereocenters. The van der Waals surface area contributed by atoms with Crippen LogP contribution in [0.25, 0.3) is 90.9 Å². The number of hydrogen-bond donors (Lipinski definition) is 2. The van der Waals surface area contributed by atoms with E-state index in [9.17, 15) is 4.79 Å². The number of carbonyl (C=O) groups excluding carboxylic acids is 1. The number of carbonyl (C=O) groups is 1. The molecule has 2 aliphatic rings. The number of aromatic amines is 2. The largest absolute Gasteiger partial charge is 0.494 e. The minimum absolute atomic E-state index is 0.0109. The number of aromatic nitrogens is 4. The molecule has 58 heavy (non-hydrogen) atoms. The molecule has 0 amide bonds. The SMILES string of the molecule is CCOc1ccc(-c2c3nc(c(-c4c(Br)cccc4Br)c4ccc([nH]4)c(-c4ccc(C(C)=O)cc4)c4nc(c(-c5c(Br)cccc5Br)c5ccc2[nH]5)C=C4)C=C3)cc1. The number of Topliss-reactive ketones (excluding diaryl/α,β-unsaturated/α-hetero) is 1. The van der Waals surface area contributed by atoms with Crippen molar-refractivity contribution in [2.75, 3.05) is 6.61 Å². The van der Waals surface area contributed by atoms with Gasteiger partial charge in [0, 0.05) is 78.9 Å². The maximum atomic E-state index is 12.3. The van der Waals surface area contributed by atoms with Crippen LogP contribution < -0.4 is 4.74 Å². The molecule has 2 N–H and O–H groups in total. The summed E-state index contributed by atoms with van der Waals surface area (Å²) in [5, 5.41) is 0. The van der Waals surface area contributed by atoms with Crippen LogP contribution in [-0.2, 0) is 0 Å². The van der Waals surface area contributed by atoms with Gasteiger partial charge in [0.2, 0.25) is 0 Å². The zero-order valence-electron chi connectivity index (χ0n) is 31.1. The monoisotopic (exact) mass is 1010 g/mol. The molecule has 0 saturated carbocycles. The second-order valence-electron chi connectivity index (χ2n) is 13.8. The number of ether oxygens (including phenoxy) is 1. The van der Waals surface area contributed by atoms with Gasteiger partial charge in [-0.1, -0.05) is 112 Å². The third-order valence-corrected chi connectivity index (χ3v) is 12.9. The van der Waals surface area contributed by atoms with E-state index in [1.807, 2.05) is 79.7 Å². The lowest BCUT2D eigenvalue weighted by Crippen LogP contribution is -1.93. The van der Waals surface area contributed by atoms with Crippen LogP contribution in [0.4, 0.5) is 0 Å². The number of rotatable bonds is 7. The van der Waals surface area contributed by atoms with Crippen LogP contribution in [0.3, 0.4) is 0 Å². The summed E-state index contributed by atoms with van der Waals surface area (Å²) in [6.45, 7) is 4.15. The number of H-pyrrole nitrogens is 2. The maximum absolute atomic E-state index is 12.3. The quantitative estimate of drug-likeness (QED) is 0.156. The van der Waals surface area contributed by atoms with Gasteiger partial charge in [-0.3, -0.25) is 4.79 Å². The molecule has 0 atom stereocenters. The normalized spacial score (nSPS) is 12.0. The molecule has 0 fully saturated rings. The number of fused-ring (bicyclic) bond motifs is 8. The van der Waals surface area contributed by atoms with E-state index in [2.05, 4.69) is 134 Å². The first-order chi connectivity index (χ1) is 28.2. The average molecular weight is 1020 g/mol.